The third-order valence-corrected chi connectivity index (χ3v) is 5.95. The van der Waals surface area contributed by atoms with Crippen molar-refractivity contribution in [2.24, 2.45) is 0 Å². The number of aromatic nitrogens is 2. The largest absolute Gasteiger partial charge is 0.497 e. The van der Waals surface area contributed by atoms with Gasteiger partial charge in [0.1, 0.15) is 22.5 Å². The lowest BCUT2D eigenvalue weighted by Gasteiger charge is -2.01. The molecule has 0 fully saturated rings. The molecule has 172 valence electrons. The van der Waals surface area contributed by atoms with Gasteiger partial charge in [0.25, 0.3) is 0 Å². The second kappa shape index (κ2) is 8.65. The maximum absolute atomic E-state index is 6.07. The number of fused-ring (bicyclic) bond motifs is 2. The van der Waals surface area contributed by atoms with Crippen molar-refractivity contribution in [2.45, 2.75) is 6.42 Å². The molecule has 6 nitrogen and oxygen atoms in total. The number of rotatable bonds is 6. The first kappa shape index (κ1) is 21.0. The van der Waals surface area contributed by atoms with Crippen molar-refractivity contribution >= 4 is 22.2 Å². The first-order chi connectivity index (χ1) is 17.2. The van der Waals surface area contributed by atoms with Crippen LogP contribution < -0.4 is 9.47 Å². The molecule has 35 heavy (non-hydrogen) atoms. The predicted octanol–water partition coefficient (Wildman–Crippen LogP) is 6.91. The molecular formula is C29H22N2O4. The van der Waals surface area contributed by atoms with Crippen LogP contribution in [0.15, 0.2) is 93.8 Å². The van der Waals surface area contributed by atoms with Gasteiger partial charge in [0, 0.05) is 11.1 Å². The third kappa shape index (κ3) is 4.10. The van der Waals surface area contributed by atoms with Crippen LogP contribution in [0, 0.1) is 0 Å². The Kier molecular flexibility index (Phi) is 5.19. The molecule has 2 aromatic heterocycles. The number of hydrogen-bond acceptors (Lipinski definition) is 6. The van der Waals surface area contributed by atoms with E-state index in [1.807, 2.05) is 66.7 Å². The molecule has 0 spiro atoms. The fourth-order valence-electron chi connectivity index (χ4n) is 4.16. The zero-order valence-corrected chi connectivity index (χ0v) is 19.3. The summed E-state index contributed by atoms with van der Waals surface area (Å²) in [7, 11) is 3.29. The van der Waals surface area contributed by atoms with E-state index in [-0.39, 0.29) is 0 Å². The summed E-state index contributed by atoms with van der Waals surface area (Å²) in [4.78, 5) is 9.34. The highest BCUT2D eigenvalue weighted by atomic mass is 16.5. The zero-order valence-electron chi connectivity index (χ0n) is 19.3. The van der Waals surface area contributed by atoms with Gasteiger partial charge in [-0.2, -0.15) is 0 Å². The molecule has 0 aliphatic heterocycles. The standard InChI is InChI=1S/C29H22N2O4/c1-32-22-7-3-5-20(16-22)28-30-24-11-9-19(15-27(24)35-28)13-18-10-12-26-25(14-18)31-29(34-26)21-6-4-8-23(17-21)33-2/h3-12,14-17H,13H2,1-2H3. The monoisotopic (exact) mass is 462 g/mol. The molecule has 0 N–H and O–H groups in total. The van der Waals surface area contributed by atoms with E-state index in [0.717, 1.165) is 62.4 Å². The Balaban J connectivity index is 1.27. The van der Waals surface area contributed by atoms with E-state index < -0.39 is 0 Å². The zero-order chi connectivity index (χ0) is 23.8. The van der Waals surface area contributed by atoms with Crippen molar-refractivity contribution in [3.8, 4) is 34.4 Å². The number of nitrogens with zero attached hydrogens (tertiary/aromatic N) is 2. The Morgan fingerprint density at radius 1 is 0.600 bits per heavy atom. The van der Waals surface area contributed by atoms with Crippen molar-refractivity contribution < 1.29 is 18.3 Å². The number of hydrogen-bond donors (Lipinski definition) is 0. The number of methoxy groups -OCH3 is 2. The average Bonchev–Trinajstić information content (AvgIpc) is 3.52. The Morgan fingerprint density at radius 2 is 1.20 bits per heavy atom. The fraction of sp³-hybridized carbons (Fsp3) is 0.103. The third-order valence-electron chi connectivity index (χ3n) is 5.95. The molecule has 0 amide bonds. The summed E-state index contributed by atoms with van der Waals surface area (Å²) in [5, 5.41) is 0. The van der Waals surface area contributed by atoms with E-state index in [9.17, 15) is 0 Å². The van der Waals surface area contributed by atoms with Gasteiger partial charge in [-0.3, -0.25) is 0 Å². The van der Waals surface area contributed by atoms with Crippen LogP contribution in [0.1, 0.15) is 11.1 Å². The number of ether oxygens (including phenoxy) is 2. The first-order valence-electron chi connectivity index (χ1n) is 11.3. The highest BCUT2D eigenvalue weighted by molar-refractivity contribution is 5.79. The Bertz CT molecular complexity index is 1540. The molecule has 0 unspecified atom stereocenters. The van der Waals surface area contributed by atoms with Crippen molar-refractivity contribution in [3.05, 3.63) is 96.1 Å². The Labute approximate surface area is 201 Å². The lowest BCUT2D eigenvalue weighted by atomic mass is 10.0. The van der Waals surface area contributed by atoms with E-state index in [0.29, 0.717) is 11.8 Å². The SMILES string of the molecule is COc1cccc(-c2nc3cc(Cc4ccc5nc(-c6cccc(OC)c6)oc5c4)ccc3o2)c1. The maximum Gasteiger partial charge on any atom is 0.227 e. The summed E-state index contributed by atoms with van der Waals surface area (Å²) < 4.78 is 22.7. The molecule has 4 aromatic carbocycles. The molecule has 0 aliphatic rings. The van der Waals surface area contributed by atoms with Gasteiger partial charge in [-0.05, 0) is 78.2 Å². The topological polar surface area (TPSA) is 70.5 Å². The molecule has 0 aliphatic carbocycles. The maximum atomic E-state index is 6.07. The van der Waals surface area contributed by atoms with Crippen molar-refractivity contribution in [3.63, 3.8) is 0 Å². The summed E-state index contributed by atoms with van der Waals surface area (Å²) in [5.41, 5.74) is 7.16. The van der Waals surface area contributed by atoms with Gasteiger partial charge >= 0.3 is 0 Å². The van der Waals surface area contributed by atoms with Crippen LogP contribution in [0.2, 0.25) is 0 Å². The molecule has 6 heteroatoms. The van der Waals surface area contributed by atoms with Gasteiger partial charge < -0.3 is 18.3 Å². The van der Waals surface area contributed by atoms with Gasteiger partial charge in [-0.1, -0.05) is 24.3 Å². The summed E-state index contributed by atoms with van der Waals surface area (Å²) in [6, 6.07) is 27.6. The minimum atomic E-state index is 0.573. The minimum Gasteiger partial charge on any atom is -0.497 e. The molecule has 6 rings (SSSR count). The van der Waals surface area contributed by atoms with Gasteiger partial charge in [-0.25, -0.2) is 9.97 Å². The fourth-order valence-corrected chi connectivity index (χ4v) is 4.16. The molecule has 0 saturated heterocycles. The highest BCUT2D eigenvalue weighted by Crippen LogP contribution is 2.30. The van der Waals surface area contributed by atoms with E-state index >= 15 is 0 Å². The highest BCUT2D eigenvalue weighted by Gasteiger charge is 2.12. The summed E-state index contributed by atoms with van der Waals surface area (Å²) >= 11 is 0. The van der Waals surface area contributed by atoms with Crippen LogP contribution >= 0.6 is 0 Å². The summed E-state index contributed by atoms with van der Waals surface area (Å²) in [6.45, 7) is 0. The van der Waals surface area contributed by atoms with Crippen LogP contribution in [-0.4, -0.2) is 24.2 Å². The molecule has 0 atom stereocenters. The molecule has 0 saturated carbocycles. The second-order valence-electron chi connectivity index (χ2n) is 8.28. The van der Waals surface area contributed by atoms with Crippen LogP contribution in [-0.2, 0) is 6.42 Å². The molecular weight excluding hydrogens is 440 g/mol. The quantitative estimate of drug-likeness (QED) is 0.268. The molecule has 2 heterocycles. The number of benzene rings is 4. The normalized spacial score (nSPS) is 11.3. The Morgan fingerprint density at radius 3 is 1.89 bits per heavy atom. The van der Waals surface area contributed by atoms with Crippen LogP contribution in [0.3, 0.4) is 0 Å². The molecule has 0 radical (unpaired) electrons. The molecule has 6 aromatic rings. The first-order valence-corrected chi connectivity index (χ1v) is 11.3. The lowest BCUT2D eigenvalue weighted by Crippen LogP contribution is -1.88. The van der Waals surface area contributed by atoms with Crippen LogP contribution in [0.25, 0.3) is 45.1 Å². The van der Waals surface area contributed by atoms with Crippen molar-refractivity contribution in [2.75, 3.05) is 14.2 Å². The van der Waals surface area contributed by atoms with E-state index in [4.69, 9.17) is 23.3 Å². The summed E-state index contributed by atoms with van der Waals surface area (Å²) in [6.07, 6.45) is 0.739. The summed E-state index contributed by atoms with van der Waals surface area (Å²) in [5.74, 6) is 2.68. The van der Waals surface area contributed by atoms with E-state index in [2.05, 4.69) is 23.2 Å². The smallest absolute Gasteiger partial charge is 0.227 e. The average molecular weight is 463 g/mol. The number of oxazole rings is 2. The van der Waals surface area contributed by atoms with Gasteiger partial charge in [-0.15, -0.1) is 0 Å². The van der Waals surface area contributed by atoms with Crippen molar-refractivity contribution in [1.29, 1.82) is 0 Å². The van der Waals surface area contributed by atoms with E-state index in [1.54, 1.807) is 14.2 Å². The van der Waals surface area contributed by atoms with E-state index in [1.165, 1.54) is 0 Å². The minimum absolute atomic E-state index is 0.573. The molecule has 0 bridgehead atoms. The van der Waals surface area contributed by atoms with Gasteiger partial charge in [0.15, 0.2) is 11.2 Å². The lowest BCUT2D eigenvalue weighted by molar-refractivity contribution is 0.414. The van der Waals surface area contributed by atoms with Gasteiger partial charge in [0.05, 0.1) is 14.2 Å². The van der Waals surface area contributed by atoms with Crippen LogP contribution in [0.5, 0.6) is 11.5 Å². The van der Waals surface area contributed by atoms with Crippen molar-refractivity contribution in [1.82, 2.24) is 9.97 Å². The Hall–Kier alpha value is -4.58. The second-order valence-corrected chi connectivity index (χ2v) is 8.28. The van der Waals surface area contributed by atoms with Crippen LogP contribution in [0.4, 0.5) is 0 Å². The predicted molar refractivity (Wildman–Crippen MR) is 135 cm³/mol. The van der Waals surface area contributed by atoms with Gasteiger partial charge in [0.2, 0.25) is 11.8 Å².